The second-order valence-corrected chi connectivity index (χ2v) is 7.86. The molecule has 0 bridgehead atoms. The fourth-order valence-electron chi connectivity index (χ4n) is 3.15. The molecule has 108 valence electrons. The lowest BCUT2D eigenvalue weighted by Gasteiger charge is -2.35. The largest absolute Gasteiger partial charge is 0.342 e. The molecule has 1 aliphatic carbocycles. The Labute approximate surface area is 117 Å². The predicted octanol–water partition coefficient (Wildman–Crippen LogP) is 0.888. The third-order valence-electron chi connectivity index (χ3n) is 4.59. The molecule has 1 N–H and O–H groups in total. The van der Waals surface area contributed by atoms with E-state index in [1.807, 2.05) is 0 Å². The number of hydrogen-bond donors (Lipinski definition) is 1. The molecule has 2 heterocycles. The van der Waals surface area contributed by atoms with E-state index in [4.69, 9.17) is 0 Å². The van der Waals surface area contributed by atoms with E-state index in [9.17, 15) is 9.00 Å². The Kier molecular flexibility index (Phi) is 4.22. The number of hydrogen-bond acceptors (Lipinski definition) is 3. The number of nitrogens with zero attached hydrogens (tertiary/aromatic N) is 1. The summed E-state index contributed by atoms with van der Waals surface area (Å²) in [5.41, 5.74) is 0. The Morgan fingerprint density at radius 1 is 0.947 bits per heavy atom. The highest BCUT2D eigenvalue weighted by Gasteiger charge is 2.35. The van der Waals surface area contributed by atoms with E-state index in [1.54, 1.807) is 0 Å². The number of carbonyl (C=O) groups excluding carboxylic acids is 1. The third-order valence-corrected chi connectivity index (χ3v) is 5.97. The van der Waals surface area contributed by atoms with Crippen LogP contribution in [-0.4, -0.2) is 51.7 Å². The first kappa shape index (κ1) is 13.6. The molecule has 0 aromatic heterocycles. The number of piperidine rings is 1. The van der Waals surface area contributed by atoms with Gasteiger partial charge in [0.2, 0.25) is 5.91 Å². The van der Waals surface area contributed by atoms with E-state index in [1.165, 1.54) is 0 Å². The van der Waals surface area contributed by atoms with E-state index in [0.29, 0.717) is 23.9 Å². The van der Waals surface area contributed by atoms with E-state index in [-0.39, 0.29) is 0 Å². The minimum absolute atomic E-state index is 0.359. The summed E-state index contributed by atoms with van der Waals surface area (Å²) >= 11 is 0. The van der Waals surface area contributed by atoms with Gasteiger partial charge in [0.25, 0.3) is 0 Å². The predicted molar refractivity (Wildman–Crippen MR) is 76.4 cm³/mol. The van der Waals surface area contributed by atoms with Gasteiger partial charge in [0.1, 0.15) is 0 Å². The normalized spacial score (nSPS) is 33.4. The van der Waals surface area contributed by atoms with Crippen molar-refractivity contribution in [2.24, 2.45) is 5.92 Å². The zero-order valence-electron chi connectivity index (χ0n) is 11.5. The van der Waals surface area contributed by atoms with E-state index in [2.05, 4.69) is 10.2 Å². The highest BCUT2D eigenvalue weighted by atomic mass is 32.2. The number of likely N-dealkylation sites (tertiary alicyclic amines) is 1. The van der Waals surface area contributed by atoms with E-state index < -0.39 is 10.8 Å². The van der Waals surface area contributed by atoms with Crippen molar-refractivity contribution in [3.8, 4) is 0 Å². The van der Waals surface area contributed by atoms with Crippen molar-refractivity contribution in [3.63, 3.8) is 0 Å². The Morgan fingerprint density at radius 2 is 1.53 bits per heavy atom. The van der Waals surface area contributed by atoms with Gasteiger partial charge in [0.15, 0.2) is 0 Å². The second-order valence-electron chi connectivity index (χ2n) is 6.16. The van der Waals surface area contributed by atoms with Crippen LogP contribution >= 0.6 is 0 Å². The van der Waals surface area contributed by atoms with Crippen LogP contribution in [0.25, 0.3) is 0 Å². The number of rotatable bonds is 3. The zero-order chi connectivity index (χ0) is 13.2. The minimum atomic E-state index is -0.571. The monoisotopic (exact) mass is 284 g/mol. The lowest BCUT2D eigenvalue weighted by atomic mass is 10.0. The van der Waals surface area contributed by atoms with Gasteiger partial charge >= 0.3 is 0 Å². The summed E-state index contributed by atoms with van der Waals surface area (Å²) in [6.45, 7) is 1.84. The molecule has 0 aromatic rings. The van der Waals surface area contributed by atoms with Crippen LogP contribution in [0.2, 0.25) is 0 Å². The highest BCUT2D eigenvalue weighted by molar-refractivity contribution is 7.85. The molecule has 0 radical (unpaired) electrons. The standard InChI is InChI=1S/C14H24N2O2S/c17-14(11-1-2-11)16-7-3-12(4-8-16)15-13-5-9-19(18)10-6-13/h11-13,15H,1-10H2. The van der Waals surface area contributed by atoms with Crippen LogP contribution < -0.4 is 5.32 Å². The lowest BCUT2D eigenvalue weighted by Crippen LogP contribution is -2.49. The maximum atomic E-state index is 12.0. The third kappa shape index (κ3) is 3.57. The van der Waals surface area contributed by atoms with Crippen molar-refractivity contribution in [1.29, 1.82) is 0 Å². The van der Waals surface area contributed by atoms with E-state index >= 15 is 0 Å². The number of carbonyl (C=O) groups is 1. The van der Waals surface area contributed by atoms with Gasteiger partial charge in [-0.05, 0) is 38.5 Å². The molecule has 0 aromatic carbocycles. The van der Waals surface area contributed by atoms with Crippen LogP contribution in [0.4, 0.5) is 0 Å². The van der Waals surface area contributed by atoms with Gasteiger partial charge in [-0.15, -0.1) is 0 Å². The van der Waals surface area contributed by atoms with Crippen LogP contribution in [-0.2, 0) is 15.6 Å². The molecular formula is C14H24N2O2S. The summed E-state index contributed by atoms with van der Waals surface area (Å²) in [7, 11) is -0.571. The smallest absolute Gasteiger partial charge is 0.225 e. The summed E-state index contributed by atoms with van der Waals surface area (Å²) in [5.74, 6) is 2.47. The molecule has 2 aliphatic heterocycles. The van der Waals surface area contributed by atoms with Gasteiger partial charge < -0.3 is 10.2 Å². The molecule has 3 fully saturated rings. The Hall–Kier alpha value is -0.420. The van der Waals surface area contributed by atoms with Crippen LogP contribution in [0, 0.1) is 5.92 Å². The molecule has 19 heavy (non-hydrogen) atoms. The molecule has 4 nitrogen and oxygen atoms in total. The van der Waals surface area contributed by atoms with Crippen LogP contribution in [0.1, 0.15) is 38.5 Å². The summed E-state index contributed by atoms with van der Waals surface area (Å²) in [6, 6.07) is 1.10. The lowest BCUT2D eigenvalue weighted by molar-refractivity contribution is -0.133. The van der Waals surface area contributed by atoms with Gasteiger partial charge in [0.05, 0.1) is 0 Å². The van der Waals surface area contributed by atoms with Gasteiger partial charge in [-0.3, -0.25) is 9.00 Å². The summed E-state index contributed by atoms with van der Waals surface area (Å²) in [4.78, 5) is 14.0. The topological polar surface area (TPSA) is 49.4 Å². The summed E-state index contributed by atoms with van der Waals surface area (Å²) in [6.07, 6.45) is 6.48. The first-order valence-corrected chi connectivity index (χ1v) is 9.11. The minimum Gasteiger partial charge on any atom is -0.342 e. The van der Waals surface area contributed by atoms with Crippen molar-refractivity contribution in [1.82, 2.24) is 10.2 Å². The van der Waals surface area contributed by atoms with Gasteiger partial charge in [0, 0.05) is 53.4 Å². The number of nitrogens with one attached hydrogen (secondary N) is 1. The molecule has 1 amide bonds. The molecule has 0 unspecified atom stereocenters. The quantitative estimate of drug-likeness (QED) is 0.837. The molecule has 2 saturated heterocycles. The summed E-state index contributed by atoms with van der Waals surface area (Å²) < 4.78 is 11.3. The van der Waals surface area contributed by atoms with Crippen LogP contribution in [0.15, 0.2) is 0 Å². The first-order chi connectivity index (χ1) is 9.22. The molecular weight excluding hydrogens is 260 g/mol. The van der Waals surface area contributed by atoms with Gasteiger partial charge in [-0.25, -0.2) is 0 Å². The Morgan fingerprint density at radius 3 is 2.11 bits per heavy atom. The van der Waals surface area contributed by atoms with Crippen molar-refractivity contribution in [3.05, 3.63) is 0 Å². The average molecular weight is 284 g/mol. The van der Waals surface area contributed by atoms with Crippen molar-refractivity contribution >= 4 is 16.7 Å². The van der Waals surface area contributed by atoms with Crippen LogP contribution in [0.5, 0.6) is 0 Å². The Bertz CT molecular complexity index is 352. The first-order valence-electron chi connectivity index (χ1n) is 7.62. The molecule has 1 saturated carbocycles. The van der Waals surface area contributed by atoms with Gasteiger partial charge in [-0.2, -0.15) is 0 Å². The maximum Gasteiger partial charge on any atom is 0.225 e. The Balaban J connectivity index is 1.40. The zero-order valence-corrected chi connectivity index (χ0v) is 12.3. The van der Waals surface area contributed by atoms with Crippen molar-refractivity contribution < 1.29 is 9.00 Å². The SMILES string of the molecule is O=C(C1CC1)N1CCC(NC2CCS(=O)CC2)CC1. The molecule has 0 atom stereocenters. The second kappa shape index (κ2) is 5.92. The molecule has 3 rings (SSSR count). The number of amides is 1. The fourth-order valence-corrected chi connectivity index (χ4v) is 4.45. The summed E-state index contributed by atoms with van der Waals surface area (Å²) in [5, 5.41) is 3.71. The van der Waals surface area contributed by atoms with Crippen LogP contribution in [0.3, 0.4) is 0 Å². The maximum absolute atomic E-state index is 12.0. The molecule has 0 spiro atoms. The van der Waals surface area contributed by atoms with E-state index in [0.717, 1.165) is 63.1 Å². The molecule has 5 heteroatoms. The van der Waals surface area contributed by atoms with Crippen molar-refractivity contribution in [2.45, 2.75) is 50.6 Å². The van der Waals surface area contributed by atoms with Crippen molar-refractivity contribution in [2.75, 3.05) is 24.6 Å². The average Bonchev–Trinajstić information content (AvgIpc) is 3.26. The molecule has 3 aliphatic rings. The fraction of sp³-hybridized carbons (Fsp3) is 0.929. The highest BCUT2D eigenvalue weighted by Crippen LogP contribution is 2.32. The van der Waals surface area contributed by atoms with Gasteiger partial charge in [-0.1, -0.05) is 0 Å².